The SMILES string of the molecule is Cc1cc(-c2sc3ccccc3c2-c2ccc3c(c2)sc2ccccc23)cc(-c2[c-]c(-c3cc(-c4ccccc4)cc(-c4ccccc4O)n3)ccc2)n1.[Pt]. The molecule has 3 nitrogen and oxygen atoms in total. The average Bonchev–Trinajstić information content (AvgIpc) is 3.80. The Hall–Kier alpha value is -5.71. The van der Waals surface area contributed by atoms with Gasteiger partial charge in [-0.15, -0.1) is 46.9 Å². The molecule has 10 aromatic rings. The Labute approximate surface area is 341 Å². The number of aromatic nitrogens is 2. The number of hydrogen-bond donors (Lipinski definition) is 1. The van der Waals surface area contributed by atoms with Crippen LogP contribution in [0.1, 0.15) is 5.69 Å². The maximum atomic E-state index is 10.8. The molecule has 4 aromatic heterocycles. The first-order valence-corrected chi connectivity index (χ1v) is 19.5. The van der Waals surface area contributed by atoms with Gasteiger partial charge in [0.2, 0.25) is 0 Å². The number of nitrogens with zero attached hydrogens (tertiary/aromatic N) is 2. The molecule has 0 saturated carbocycles. The van der Waals surface area contributed by atoms with E-state index in [1.165, 1.54) is 46.3 Å². The Bertz CT molecular complexity index is 3040. The van der Waals surface area contributed by atoms with Gasteiger partial charge in [-0.3, -0.25) is 9.97 Å². The molecule has 0 radical (unpaired) electrons. The van der Waals surface area contributed by atoms with Gasteiger partial charge in [-0.2, -0.15) is 0 Å². The number of aromatic hydroxyl groups is 1. The summed E-state index contributed by atoms with van der Waals surface area (Å²) in [5.74, 6) is 0.194. The van der Waals surface area contributed by atoms with E-state index in [-0.39, 0.29) is 26.8 Å². The third kappa shape index (κ3) is 6.49. The summed E-state index contributed by atoms with van der Waals surface area (Å²) in [4.78, 5) is 11.3. The first-order valence-electron chi connectivity index (χ1n) is 17.9. The van der Waals surface area contributed by atoms with Crippen LogP contribution in [0, 0.1) is 13.0 Å². The van der Waals surface area contributed by atoms with Crippen LogP contribution in [0.2, 0.25) is 0 Å². The zero-order chi connectivity index (χ0) is 36.2. The third-order valence-electron chi connectivity index (χ3n) is 9.94. The first-order chi connectivity index (χ1) is 26.6. The molecule has 4 heterocycles. The summed E-state index contributed by atoms with van der Waals surface area (Å²) in [6.07, 6.45) is 0. The van der Waals surface area contributed by atoms with E-state index in [9.17, 15) is 5.11 Å². The molecule has 1 N–H and O–H groups in total. The van der Waals surface area contributed by atoms with E-state index in [0.29, 0.717) is 11.3 Å². The van der Waals surface area contributed by atoms with Crippen LogP contribution in [0.4, 0.5) is 0 Å². The second kappa shape index (κ2) is 14.5. The van der Waals surface area contributed by atoms with Crippen molar-refractivity contribution in [3.8, 4) is 72.2 Å². The largest absolute Gasteiger partial charge is 0.507 e. The standard InChI is InChI=1S/C49H31N2OS2.Pt/c1-30-24-36(49-48(40-18-7-10-21-46(40)54-49)34-22-23-38-37-16-6-9-20-45(37)53-47(38)29-34)28-41(50-30)32-14-11-15-33(25-32)42-26-35(31-12-3-2-4-13-31)27-43(51-42)39-17-5-8-19-44(39)52;/h2-24,26-29,52H,1H3;/q-1;. The summed E-state index contributed by atoms with van der Waals surface area (Å²) in [7, 11) is 0. The Kier molecular flexibility index (Phi) is 9.23. The number of fused-ring (bicyclic) bond motifs is 4. The van der Waals surface area contributed by atoms with Gasteiger partial charge in [-0.1, -0.05) is 114 Å². The normalized spacial score (nSPS) is 11.3. The van der Waals surface area contributed by atoms with Crippen molar-refractivity contribution in [3.05, 3.63) is 176 Å². The zero-order valence-corrected chi connectivity index (χ0v) is 33.5. The second-order valence-corrected chi connectivity index (χ2v) is 15.6. The molecule has 0 atom stereocenters. The van der Waals surface area contributed by atoms with Gasteiger partial charge >= 0.3 is 0 Å². The van der Waals surface area contributed by atoms with E-state index in [2.05, 4.69) is 116 Å². The topological polar surface area (TPSA) is 46.0 Å². The summed E-state index contributed by atoms with van der Waals surface area (Å²) in [6, 6.07) is 60.3. The summed E-state index contributed by atoms with van der Waals surface area (Å²) >= 11 is 3.68. The van der Waals surface area contributed by atoms with Crippen LogP contribution in [0.25, 0.3) is 96.7 Å². The van der Waals surface area contributed by atoms with Crippen molar-refractivity contribution in [3.63, 3.8) is 0 Å². The maximum absolute atomic E-state index is 10.8. The molecule has 0 aliphatic carbocycles. The van der Waals surface area contributed by atoms with Crippen molar-refractivity contribution in [2.75, 3.05) is 0 Å². The predicted octanol–water partition coefficient (Wildman–Crippen LogP) is 13.9. The van der Waals surface area contributed by atoms with E-state index in [1.807, 2.05) is 77.3 Å². The number of aryl methyl sites for hydroxylation is 1. The number of benzene rings is 6. The number of pyridine rings is 2. The minimum atomic E-state index is 0. The summed E-state index contributed by atoms with van der Waals surface area (Å²) < 4.78 is 3.86. The fraction of sp³-hybridized carbons (Fsp3) is 0.0204. The Morgan fingerprint density at radius 3 is 1.91 bits per heavy atom. The fourth-order valence-corrected chi connectivity index (χ4v) is 9.77. The van der Waals surface area contributed by atoms with Gasteiger partial charge in [0.15, 0.2) is 0 Å². The molecule has 6 heteroatoms. The molecule has 0 aliphatic heterocycles. The molecule has 0 saturated heterocycles. The van der Waals surface area contributed by atoms with E-state index in [0.717, 1.165) is 44.9 Å². The van der Waals surface area contributed by atoms with Gasteiger partial charge < -0.3 is 5.11 Å². The molecule has 0 aliphatic rings. The van der Waals surface area contributed by atoms with E-state index >= 15 is 0 Å². The van der Waals surface area contributed by atoms with Gasteiger partial charge in [-0.25, -0.2) is 0 Å². The van der Waals surface area contributed by atoms with Gasteiger partial charge in [0.1, 0.15) is 5.75 Å². The molecular weight excluding hydrogens is 892 g/mol. The Balaban J connectivity index is 0.00000397. The van der Waals surface area contributed by atoms with Crippen LogP contribution in [0.3, 0.4) is 0 Å². The zero-order valence-electron chi connectivity index (χ0n) is 29.6. The van der Waals surface area contributed by atoms with Gasteiger partial charge in [-0.05, 0) is 71.6 Å². The number of hydrogen-bond acceptors (Lipinski definition) is 5. The average molecular weight is 923 g/mol. The second-order valence-electron chi connectivity index (χ2n) is 13.5. The molecule has 0 unspecified atom stereocenters. The molecule has 0 spiro atoms. The quantitative estimate of drug-likeness (QED) is 0.169. The van der Waals surface area contributed by atoms with Crippen LogP contribution in [-0.4, -0.2) is 15.1 Å². The van der Waals surface area contributed by atoms with Crippen LogP contribution in [0.15, 0.2) is 164 Å². The molecule has 55 heavy (non-hydrogen) atoms. The van der Waals surface area contributed by atoms with E-state index in [1.54, 1.807) is 6.07 Å². The smallest absolute Gasteiger partial charge is 0.124 e. The van der Waals surface area contributed by atoms with Crippen molar-refractivity contribution in [2.24, 2.45) is 0 Å². The molecule has 0 amide bonds. The van der Waals surface area contributed by atoms with E-state index in [4.69, 9.17) is 9.97 Å². The summed E-state index contributed by atoms with van der Waals surface area (Å²) in [5.41, 5.74) is 11.4. The van der Waals surface area contributed by atoms with Crippen LogP contribution in [0.5, 0.6) is 5.75 Å². The van der Waals surface area contributed by atoms with Crippen LogP contribution < -0.4 is 0 Å². The van der Waals surface area contributed by atoms with Crippen molar-refractivity contribution >= 4 is 52.9 Å². The van der Waals surface area contributed by atoms with Crippen molar-refractivity contribution < 1.29 is 26.2 Å². The Morgan fingerprint density at radius 1 is 0.473 bits per heavy atom. The molecule has 0 bridgehead atoms. The number of thiophene rings is 2. The number of phenols is 1. The van der Waals surface area contributed by atoms with Crippen LogP contribution >= 0.6 is 22.7 Å². The van der Waals surface area contributed by atoms with Crippen molar-refractivity contribution in [1.82, 2.24) is 9.97 Å². The van der Waals surface area contributed by atoms with Crippen LogP contribution in [-0.2, 0) is 21.1 Å². The molecular formula is C49H31N2OPtS2-. The third-order valence-corrected chi connectivity index (χ3v) is 12.3. The summed E-state index contributed by atoms with van der Waals surface area (Å²) in [5, 5.41) is 14.7. The number of phenolic OH excluding ortho intramolecular Hbond substituents is 1. The molecule has 6 aromatic carbocycles. The minimum absolute atomic E-state index is 0. The maximum Gasteiger partial charge on any atom is 0.124 e. The number of rotatable bonds is 6. The van der Waals surface area contributed by atoms with Gasteiger partial charge in [0.05, 0.1) is 5.69 Å². The molecule has 10 rings (SSSR count). The van der Waals surface area contributed by atoms with Gasteiger partial charge in [0.25, 0.3) is 0 Å². The van der Waals surface area contributed by atoms with Crippen molar-refractivity contribution in [2.45, 2.75) is 6.92 Å². The Morgan fingerprint density at radius 2 is 1.11 bits per heavy atom. The number of para-hydroxylation sites is 1. The monoisotopic (exact) mass is 922 g/mol. The minimum Gasteiger partial charge on any atom is -0.507 e. The summed E-state index contributed by atoms with van der Waals surface area (Å²) in [6.45, 7) is 2.07. The fourth-order valence-electron chi connectivity index (χ4n) is 7.42. The van der Waals surface area contributed by atoms with Gasteiger partial charge in [0, 0.05) is 84.4 Å². The molecule has 266 valence electrons. The van der Waals surface area contributed by atoms with Crippen molar-refractivity contribution in [1.29, 1.82) is 0 Å². The predicted molar refractivity (Wildman–Crippen MR) is 228 cm³/mol. The first kappa shape index (κ1) is 35.0. The molecule has 0 fully saturated rings. The van der Waals surface area contributed by atoms with E-state index < -0.39 is 0 Å².